The Morgan fingerprint density at radius 2 is 1.63 bits per heavy atom. The molecule has 0 radical (unpaired) electrons. The molecule has 2 aromatic rings. The smallest absolute Gasteiger partial charge is 0.248 e. The Bertz CT molecular complexity index is 931. The van der Waals surface area contributed by atoms with Gasteiger partial charge in [-0.25, -0.2) is 0 Å². The molecule has 0 spiro atoms. The number of carbonyl (C=O) groups excluding carboxylic acids is 3. The van der Waals surface area contributed by atoms with Gasteiger partial charge in [0.05, 0.1) is 0 Å². The largest absolute Gasteiger partial charge is 0.326 e. The van der Waals surface area contributed by atoms with E-state index in [-0.39, 0.29) is 17.7 Å². The Hall–Kier alpha value is -3.41. The van der Waals surface area contributed by atoms with Crippen LogP contribution in [0.4, 0.5) is 17.1 Å². The van der Waals surface area contributed by atoms with Crippen LogP contribution in [0.3, 0.4) is 0 Å². The van der Waals surface area contributed by atoms with Gasteiger partial charge in [0, 0.05) is 42.5 Å². The Morgan fingerprint density at radius 1 is 1.00 bits per heavy atom. The molecule has 0 unspecified atom stereocenters. The van der Waals surface area contributed by atoms with E-state index in [1.54, 1.807) is 35.2 Å². The fourth-order valence-electron chi connectivity index (χ4n) is 3.26. The molecule has 0 atom stereocenters. The molecule has 1 saturated heterocycles. The number of hydrogen-bond acceptors (Lipinski definition) is 3. The van der Waals surface area contributed by atoms with Gasteiger partial charge in [-0.3, -0.25) is 14.4 Å². The Morgan fingerprint density at radius 3 is 2.20 bits per heavy atom. The zero-order valence-corrected chi connectivity index (χ0v) is 17.4. The third-order valence-corrected chi connectivity index (χ3v) is 4.74. The fraction of sp³-hybridized carbons (Fsp3) is 0.292. The Balaban J connectivity index is 1.51. The number of carbonyl (C=O) groups is 3. The first-order valence-corrected chi connectivity index (χ1v) is 10.2. The standard InChI is InChI=1S/C24H27N3O3/c1-17(2)16-23(29)26-20-10-8-19(9-11-20)25-22(28)14-7-18-5-12-21(13-6-18)27-15-3-4-24(27)30/h5-14,17H,3-4,15-16H2,1-2H3,(H,25,28)(H,26,29)/b14-7+. The molecule has 2 N–H and O–H groups in total. The molecule has 6 heteroatoms. The van der Waals surface area contributed by atoms with Crippen LogP contribution in [-0.2, 0) is 14.4 Å². The highest BCUT2D eigenvalue weighted by atomic mass is 16.2. The molecule has 1 aliphatic rings. The molecule has 3 rings (SSSR count). The van der Waals surface area contributed by atoms with E-state index in [2.05, 4.69) is 10.6 Å². The lowest BCUT2D eigenvalue weighted by Gasteiger charge is -2.15. The van der Waals surface area contributed by atoms with Crippen LogP contribution in [0.15, 0.2) is 54.6 Å². The van der Waals surface area contributed by atoms with Gasteiger partial charge in [-0.1, -0.05) is 26.0 Å². The summed E-state index contributed by atoms with van der Waals surface area (Å²) in [5, 5.41) is 5.63. The van der Waals surface area contributed by atoms with E-state index in [0.29, 0.717) is 30.1 Å². The van der Waals surface area contributed by atoms with E-state index in [9.17, 15) is 14.4 Å². The monoisotopic (exact) mass is 405 g/mol. The molecule has 156 valence electrons. The highest BCUT2D eigenvalue weighted by molar-refractivity contribution is 6.02. The fourth-order valence-corrected chi connectivity index (χ4v) is 3.26. The molecule has 3 amide bonds. The number of amides is 3. The van der Waals surface area contributed by atoms with E-state index >= 15 is 0 Å². The molecule has 6 nitrogen and oxygen atoms in total. The molecule has 0 aliphatic carbocycles. The third-order valence-electron chi connectivity index (χ3n) is 4.74. The van der Waals surface area contributed by atoms with Gasteiger partial charge in [-0.15, -0.1) is 0 Å². The van der Waals surface area contributed by atoms with E-state index < -0.39 is 0 Å². The van der Waals surface area contributed by atoms with Gasteiger partial charge in [0.1, 0.15) is 0 Å². The zero-order valence-electron chi connectivity index (χ0n) is 17.4. The molecular weight excluding hydrogens is 378 g/mol. The van der Waals surface area contributed by atoms with E-state index in [1.807, 2.05) is 38.1 Å². The molecule has 1 aliphatic heterocycles. The predicted molar refractivity (Wildman–Crippen MR) is 120 cm³/mol. The van der Waals surface area contributed by atoms with Crippen molar-refractivity contribution in [3.05, 3.63) is 60.2 Å². The van der Waals surface area contributed by atoms with E-state index in [0.717, 1.165) is 24.2 Å². The number of rotatable bonds is 7. The Labute approximate surface area is 177 Å². The predicted octanol–water partition coefficient (Wildman–Crippen LogP) is 4.45. The van der Waals surface area contributed by atoms with Crippen LogP contribution < -0.4 is 15.5 Å². The Kier molecular flexibility index (Phi) is 7.01. The highest BCUT2D eigenvalue weighted by Crippen LogP contribution is 2.22. The van der Waals surface area contributed by atoms with Gasteiger partial charge >= 0.3 is 0 Å². The van der Waals surface area contributed by atoms with E-state index in [4.69, 9.17) is 0 Å². The lowest BCUT2D eigenvalue weighted by atomic mass is 10.1. The van der Waals surface area contributed by atoms with Crippen molar-refractivity contribution in [1.29, 1.82) is 0 Å². The first-order valence-electron chi connectivity index (χ1n) is 10.2. The van der Waals surface area contributed by atoms with Crippen molar-refractivity contribution in [3.63, 3.8) is 0 Å². The third kappa shape index (κ3) is 6.04. The molecular formula is C24H27N3O3. The van der Waals surface area contributed by atoms with Crippen LogP contribution in [0.1, 0.15) is 38.7 Å². The lowest BCUT2D eigenvalue weighted by molar-refractivity contribution is -0.117. The van der Waals surface area contributed by atoms with Crippen LogP contribution in [-0.4, -0.2) is 24.3 Å². The van der Waals surface area contributed by atoms with Gasteiger partial charge in [0.15, 0.2) is 0 Å². The SMILES string of the molecule is CC(C)CC(=O)Nc1ccc(NC(=O)/C=C/c2ccc(N3CCCC3=O)cc2)cc1. The summed E-state index contributed by atoms with van der Waals surface area (Å²) in [7, 11) is 0. The lowest BCUT2D eigenvalue weighted by Crippen LogP contribution is -2.23. The summed E-state index contributed by atoms with van der Waals surface area (Å²) in [6.07, 6.45) is 5.16. The van der Waals surface area contributed by atoms with Crippen LogP contribution >= 0.6 is 0 Å². The van der Waals surface area contributed by atoms with Crippen LogP contribution in [0.5, 0.6) is 0 Å². The summed E-state index contributed by atoms with van der Waals surface area (Å²) in [5.41, 5.74) is 3.11. The molecule has 0 aromatic heterocycles. The quantitative estimate of drug-likeness (QED) is 0.668. The summed E-state index contributed by atoms with van der Waals surface area (Å²) in [5.74, 6) is 0.188. The second-order valence-electron chi connectivity index (χ2n) is 7.79. The normalized spacial score (nSPS) is 13.8. The average Bonchev–Trinajstić information content (AvgIpc) is 3.13. The van der Waals surface area contributed by atoms with Gasteiger partial charge in [0.25, 0.3) is 0 Å². The summed E-state index contributed by atoms with van der Waals surface area (Å²) < 4.78 is 0. The van der Waals surface area contributed by atoms with Gasteiger partial charge in [-0.05, 0) is 60.4 Å². The number of nitrogens with zero attached hydrogens (tertiary/aromatic N) is 1. The number of anilines is 3. The maximum absolute atomic E-state index is 12.2. The molecule has 0 saturated carbocycles. The van der Waals surface area contributed by atoms with Crippen molar-refractivity contribution in [3.8, 4) is 0 Å². The summed E-state index contributed by atoms with van der Waals surface area (Å²) in [4.78, 5) is 37.6. The van der Waals surface area contributed by atoms with Crippen molar-refractivity contribution in [2.45, 2.75) is 33.1 Å². The number of nitrogens with one attached hydrogen (secondary N) is 2. The van der Waals surface area contributed by atoms with Crippen molar-refractivity contribution in [2.24, 2.45) is 5.92 Å². The average molecular weight is 405 g/mol. The van der Waals surface area contributed by atoms with Crippen molar-refractivity contribution < 1.29 is 14.4 Å². The topological polar surface area (TPSA) is 78.5 Å². The summed E-state index contributed by atoms with van der Waals surface area (Å²) >= 11 is 0. The van der Waals surface area contributed by atoms with Crippen LogP contribution in [0.25, 0.3) is 6.08 Å². The molecule has 30 heavy (non-hydrogen) atoms. The summed E-state index contributed by atoms with van der Waals surface area (Å²) in [6, 6.07) is 14.6. The second kappa shape index (κ2) is 9.87. The molecule has 0 bridgehead atoms. The molecule has 1 fully saturated rings. The maximum Gasteiger partial charge on any atom is 0.248 e. The van der Waals surface area contributed by atoms with Crippen LogP contribution in [0.2, 0.25) is 0 Å². The van der Waals surface area contributed by atoms with Crippen LogP contribution in [0, 0.1) is 5.92 Å². The van der Waals surface area contributed by atoms with E-state index in [1.165, 1.54) is 6.08 Å². The van der Waals surface area contributed by atoms with Gasteiger partial charge in [0.2, 0.25) is 17.7 Å². The number of benzene rings is 2. The second-order valence-corrected chi connectivity index (χ2v) is 7.79. The highest BCUT2D eigenvalue weighted by Gasteiger charge is 2.21. The molecule has 1 heterocycles. The van der Waals surface area contributed by atoms with Crippen molar-refractivity contribution >= 4 is 40.9 Å². The summed E-state index contributed by atoms with van der Waals surface area (Å²) in [6.45, 7) is 4.75. The van der Waals surface area contributed by atoms with Gasteiger partial charge < -0.3 is 15.5 Å². The maximum atomic E-state index is 12.2. The van der Waals surface area contributed by atoms with Crippen molar-refractivity contribution in [1.82, 2.24) is 0 Å². The van der Waals surface area contributed by atoms with Crippen molar-refractivity contribution in [2.75, 3.05) is 22.1 Å². The first kappa shape index (κ1) is 21.3. The minimum absolute atomic E-state index is 0.0233. The van der Waals surface area contributed by atoms with Gasteiger partial charge in [-0.2, -0.15) is 0 Å². The first-order chi connectivity index (χ1) is 14.4. The zero-order chi connectivity index (χ0) is 21.5. The number of hydrogen-bond donors (Lipinski definition) is 2. The molecule has 2 aromatic carbocycles. The minimum Gasteiger partial charge on any atom is -0.326 e. The minimum atomic E-state index is -0.245.